The number of halogens is 2. The molecule has 1 amide bonds. The third-order valence-corrected chi connectivity index (χ3v) is 7.19. The van der Waals surface area contributed by atoms with Crippen LogP contribution in [0.2, 0.25) is 0 Å². The lowest BCUT2D eigenvalue weighted by molar-refractivity contribution is -0.139. The van der Waals surface area contributed by atoms with Crippen molar-refractivity contribution < 1.29 is 41.2 Å². The summed E-state index contributed by atoms with van der Waals surface area (Å²) in [6, 6.07) is 5.92. The predicted molar refractivity (Wildman–Crippen MR) is 120 cm³/mol. The van der Waals surface area contributed by atoms with Gasteiger partial charge in [0.2, 0.25) is 6.23 Å². The number of benzene rings is 1. The molecule has 0 aliphatic carbocycles. The topological polar surface area (TPSA) is 139 Å². The van der Waals surface area contributed by atoms with E-state index in [9.17, 15) is 14.2 Å². The zero-order valence-electron chi connectivity index (χ0n) is 19.3. The molecule has 15 heteroatoms. The second-order valence-corrected chi connectivity index (χ2v) is 10.3. The molecule has 2 saturated heterocycles. The normalized spacial score (nSPS) is 30.3. The summed E-state index contributed by atoms with van der Waals surface area (Å²) in [5.74, 6) is -3.88. The Morgan fingerprint density at radius 3 is 2.86 bits per heavy atom. The van der Waals surface area contributed by atoms with E-state index >= 15 is 8.78 Å². The van der Waals surface area contributed by atoms with Gasteiger partial charge in [0, 0.05) is 11.8 Å². The van der Waals surface area contributed by atoms with Crippen molar-refractivity contribution in [3.63, 3.8) is 0 Å². The molecule has 2 N–H and O–H groups in total. The van der Waals surface area contributed by atoms with Crippen LogP contribution in [0, 0.1) is 0 Å². The van der Waals surface area contributed by atoms with Crippen LogP contribution in [-0.2, 0) is 22.9 Å². The highest BCUT2D eigenvalue weighted by Crippen LogP contribution is 2.60. The highest BCUT2D eigenvalue weighted by Gasteiger charge is 2.65. The number of rotatable bonds is 5. The molecule has 2 aromatic rings. The third kappa shape index (κ3) is 4.50. The first kappa shape index (κ1) is 24.8. The number of ether oxygens (including phenoxy) is 2. The number of hydrogen-bond donors (Lipinski definition) is 2. The Hall–Kier alpha value is -2.90. The van der Waals surface area contributed by atoms with E-state index < -0.39 is 56.5 Å². The van der Waals surface area contributed by atoms with Gasteiger partial charge >= 0.3 is 19.4 Å². The van der Waals surface area contributed by atoms with Crippen molar-refractivity contribution in [2.75, 3.05) is 17.2 Å². The Kier molecular flexibility index (Phi) is 6.12. The number of amides is 1. The highest BCUT2D eigenvalue weighted by molar-refractivity contribution is 7.48. The maximum Gasteiger partial charge on any atom is 0.475 e. The van der Waals surface area contributed by atoms with Crippen LogP contribution in [0.3, 0.4) is 0 Å². The van der Waals surface area contributed by atoms with Gasteiger partial charge in [-0.05, 0) is 45.0 Å². The Morgan fingerprint density at radius 2 is 2.14 bits per heavy atom. The molecule has 3 aliphatic heterocycles. The van der Waals surface area contributed by atoms with Gasteiger partial charge in [0.05, 0.1) is 18.4 Å². The zero-order valence-corrected chi connectivity index (χ0v) is 20.2. The van der Waals surface area contributed by atoms with E-state index in [-0.39, 0.29) is 17.6 Å². The summed E-state index contributed by atoms with van der Waals surface area (Å²) in [4.78, 5) is 28.9. The summed E-state index contributed by atoms with van der Waals surface area (Å²) >= 11 is 0. The monoisotopic (exact) mass is 528 g/mol. The number of carbonyl (C=O) groups excluding carboxylic acids is 1. The molecular weight excluding hydrogens is 505 g/mol. The number of phosphoric acid groups is 1. The molecule has 4 heterocycles. The summed E-state index contributed by atoms with van der Waals surface area (Å²) < 4.78 is 69.4. The Labute approximate surface area is 203 Å². The van der Waals surface area contributed by atoms with Crippen LogP contribution >= 0.6 is 7.82 Å². The van der Waals surface area contributed by atoms with Crippen molar-refractivity contribution in [2.45, 2.75) is 57.5 Å². The van der Waals surface area contributed by atoms with E-state index in [0.29, 0.717) is 16.0 Å². The molecule has 3 unspecified atom stereocenters. The number of aromatic nitrogens is 2. The van der Waals surface area contributed by atoms with E-state index in [1.54, 1.807) is 26.0 Å². The lowest BCUT2D eigenvalue weighted by Gasteiger charge is -2.32. The first-order valence-corrected chi connectivity index (χ1v) is 12.5. The number of nitrogens with zero attached hydrogens (tertiary/aromatic N) is 2. The second-order valence-electron chi connectivity index (χ2n) is 8.70. The maximum atomic E-state index is 15.2. The number of phosphoric ester groups is 1. The number of anilines is 2. The summed E-state index contributed by atoms with van der Waals surface area (Å²) in [5, 5.41) is 5.51. The molecule has 36 heavy (non-hydrogen) atoms. The Balaban J connectivity index is 1.32. The number of fused-ring (bicyclic) bond motifs is 2. The fourth-order valence-corrected chi connectivity index (χ4v) is 5.63. The molecule has 1 aromatic carbocycles. The summed E-state index contributed by atoms with van der Waals surface area (Å²) in [6.45, 7) is 4.43. The van der Waals surface area contributed by atoms with Gasteiger partial charge in [-0.25, -0.2) is 9.36 Å². The van der Waals surface area contributed by atoms with Gasteiger partial charge in [0.1, 0.15) is 17.7 Å². The number of alkyl halides is 2. The van der Waals surface area contributed by atoms with Gasteiger partial charge in [-0.15, -0.1) is 0 Å². The van der Waals surface area contributed by atoms with E-state index in [1.807, 2.05) is 6.92 Å². The fraction of sp³-hybridized carbons (Fsp3) is 0.476. The molecule has 0 bridgehead atoms. The molecule has 2 fully saturated rings. The molecule has 0 saturated carbocycles. The molecule has 1 aromatic heterocycles. The van der Waals surface area contributed by atoms with Gasteiger partial charge in [0.25, 0.3) is 5.91 Å². The number of nitrogens with one attached hydrogen (secondary N) is 2. The standard InChI is InChI=1S/C21H23F2N4O8P/c1-10(2)34-36(30)31-9-15-17(35-36)21(22,23)19(33-15)27-7-6-16(26-20(27)29)25-18(28)12-4-5-14-13(8-12)24-11(3)32-14/h4-8,10-11,15,17,19,24H,9H2,1-3H3,(H,25,26,28,29)/t11?,15-,17-,19?,36?/m1/s1. The average molecular weight is 528 g/mol. The first-order chi connectivity index (χ1) is 16.9. The van der Waals surface area contributed by atoms with Gasteiger partial charge in [-0.3, -0.25) is 22.9 Å². The number of hydrogen-bond acceptors (Lipinski definition) is 10. The summed E-state index contributed by atoms with van der Waals surface area (Å²) in [6.07, 6.45) is -5.18. The van der Waals surface area contributed by atoms with Crippen molar-refractivity contribution in [2.24, 2.45) is 0 Å². The molecular formula is C21H23F2N4O8P. The van der Waals surface area contributed by atoms with Crippen molar-refractivity contribution in [3.05, 3.63) is 46.5 Å². The number of carbonyl (C=O) groups is 1. The van der Waals surface area contributed by atoms with E-state index in [1.165, 1.54) is 12.1 Å². The van der Waals surface area contributed by atoms with Crippen LogP contribution < -0.4 is 21.1 Å². The van der Waals surface area contributed by atoms with Gasteiger partial charge < -0.3 is 20.1 Å². The average Bonchev–Trinajstić information content (AvgIpc) is 3.28. The minimum absolute atomic E-state index is 0.146. The minimum atomic E-state index is -4.23. The van der Waals surface area contributed by atoms with Crippen LogP contribution in [0.4, 0.5) is 20.3 Å². The maximum absolute atomic E-state index is 15.2. The van der Waals surface area contributed by atoms with E-state index in [4.69, 9.17) is 23.0 Å². The van der Waals surface area contributed by atoms with Gasteiger partial charge in [-0.2, -0.15) is 13.8 Å². The van der Waals surface area contributed by atoms with Crippen LogP contribution in [0.5, 0.6) is 5.75 Å². The third-order valence-electron chi connectivity index (χ3n) is 5.56. The smallest absolute Gasteiger partial charge is 0.469 e. The zero-order chi connectivity index (χ0) is 25.8. The fourth-order valence-electron chi connectivity index (χ4n) is 4.05. The molecule has 0 spiro atoms. The molecule has 12 nitrogen and oxygen atoms in total. The van der Waals surface area contributed by atoms with E-state index in [0.717, 1.165) is 6.20 Å². The lowest BCUT2D eigenvalue weighted by Crippen LogP contribution is -2.45. The highest BCUT2D eigenvalue weighted by atomic mass is 31.2. The second kappa shape index (κ2) is 8.89. The molecule has 0 radical (unpaired) electrons. The Morgan fingerprint density at radius 1 is 1.36 bits per heavy atom. The molecule has 5 rings (SSSR count). The van der Waals surface area contributed by atoms with Crippen LogP contribution in [0.15, 0.2) is 35.3 Å². The Bertz CT molecular complexity index is 1300. The van der Waals surface area contributed by atoms with Crippen LogP contribution in [-0.4, -0.2) is 52.5 Å². The van der Waals surface area contributed by atoms with Crippen LogP contribution in [0.25, 0.3) is 0 Å². The summed E-state index contributed by atoms with van der Waals surface area (Å²) in [5.41, 5.74) is -0.198. The summed E-state index contributed by atoms with van der Waals surface area (Å²) in [7, 11) is -4.23. The quantitative estimate of drug-likeness (QED) is 0.557. The van der Waals surface area contributed by atoms with Gasteiger partial charge in [0.15, 0.2) is 12.3 Å². The van der Waals surface area contributed by atoms with Crippen molar-refractivity contribution >= 4 is 25.2 Å². The minimum Gasteiger partial charge on any atom is -0.469 e. The van der Waals surface area contributed by atoms with Gasteiger partial charge in [-0.1, -0.05) is 0 Å². The molecule has 194 valence electrons. The van der Waals surface area contributed by atoms with Crippen molar-refractivity contribution in [3.8, 4) is 5.75 Å². The van der Waals surface area contributed by atoms with E-state index in [2.05, 4.69) is 15.6 Å². The molecule has 5 atom stereocenters. The molecule has 3 aliphatic rings. The largest absolute Gasteiger partial charge is 0.475 e. The van der Waals surface area contributed by atoms with Crippen molar-refractivity contribution in [1.82, 2.24) is 9.55 Å². The predicted octanol–water partition coefficient (Wildman–Crippen LogP) is 3.13. The SMILES string of the molecule is CC(C)OP1(=O)OC[C@H]2OC(n3ccc(NC(=O)c4ccc5c(c4)NC(C)O5)nc3=O)C(F)(F)[C@@H]2O1. The lowest BCUT2D eigenvalue weighted by atomic mass is 10.1. The first-order valence-electron chi connectivity index (χ1n) is 11.1. The van der Waals surface area contributed by atoms with Crippen LogP contribution in [0.1, 0.15) is 37.4 Å². The van der Waals surface area contributed by atoms with Crippen molar-refractivity contribution in [1.29, 1.82) is 0 Å².